The zero-order valence-corrected chi connectivity index (χ0v) is 17.0. The van der Waals surface area contributed by atoms with Gasteiger partial charge >= 0.3 is 0 Å². The van der Waals surface area contributed by atoms with Crippen LogP contribution in [0.2, 0.25) is 0 Å². The summed E-state index contributed by atoms with van der Waals surface area (Å²) >= 11 is 2.38. The van der Waals surface area contributed by atoms with Crippen LogP contribution in [0.1, 0.15) is 6.92 Å². The van der Waals surface area contributed by atoms with Crippen LogP contribution in [0.25, 0.3) is 33.1 Å². The lowest BCUT2D eigenvalue weighted by Crippen LogP contribution is -2.14. The Morgan fingerprint density at radius 3 is 2.90 bits per heavy atom. The summed E-state index contributed by atoms with van der Waals surface area (Å²) in [5.41, 5.74) is 4.76. The molecule has 0 saturated heterocycles. The number of rotatable bonds is 5. The lowest BCUT2D eigenvalue weighted by Gasteiger charge is -2.05. The van der Waals surface area contributed by atoms with Gasteiger partial charge < -0.3 is 9.88 Å². The topological polar surface area (TPSA) is 98.5 Å². The van der Waals surface area contributed by atoms with Gasteiger partial charge in [0, 0.05) is 11.9 Å². The number of amides is 1. The first-order chi connectivity index (χ1) is 14.2. The Labute approximate surface area is 173 Å². The molecule has 144 valence electrons. The van der Waals surface area contributed by atoms with Crippen molar-refractivity contribution in [3.8, 4) is 0 Å². The average Bonchev–Trinajstić information content (AvgIpc) is 3.35. The standard InChI is InChI=1S/C19H15N7OS2/c1-2-26-14-9-4-3-6-11(14)16-18(26)21-19(23-22-16)28-10-15(27)20-12-7-5-8-13-17(12)25-29-24-13/h3-9H,2,10H2,1H3,(H,20,27). The fourth-order valence-electron chi connectivity index (χ4n) is 3.29. The molecule has 8 nitrogen and oxygen atoms in total. The van der Waals surface area contributed by atoms with Crippen LogP contribution in [0.15, 0.2) is 47.6 Å². The number of anilines is 1. The molecule has 0 aliphatic rings. The molecule has 0 fully saturated rings. The Hall–Kier alpha value is -3.11. The van der Waals surface area contributed by atoms with E-state index in [-0.39, 0.29) is 11.7 Å². The van der Waals surface area contributed by atoms with Crippen LogP contribution in [0.4, 0.5) is 5.69 Å². The van der Waals surface area contributed by atoms with Crippen molar-refractivity contribution in [3.63, 3.8) is 0 Å². The monoisotopic (exact) mass is 421 g/mol. The minimum absolute atomic E-state index is 0.157. The molecule has 0 spiro atoms. The van der Waals surface area contributed by atoms with Crippen LogP contribution in [0.3, 0.4) is 0 Å². The number of fused-ring (bicyclic) bond motifs is 4. The summed E-state index contributed by atoms with van der Waals surface area (Å²) in [7, 11) is 0. The van der Waals surface area contributed by atoms with E-state index in [0.29, 0.717) is 16.4 Å². The predicted molar refractivity (Wildman–Crippen MR) is 115 cm³/mol. The van der Waals surface area contributed by atoms with Crippen molar-refractivity contribution < 1.29 is 4.79 Å². The summed E-state index contributed by atoms with van der Waals surface area (Å²) < 4.78 is 10.5. The summed E-state index contributed by atoms with van der Waals surface area (Å²) in [6, 6.07) is 13.6. The fourth-order valence-corrected chi connectivity index (χ4v) is 4.43. The molecule has 3 aromatic heterocycles. The van der Waals surface area contributed by atoms with Gasteiger partial charge in [-0.3, -0.25) is 4.79 Å². The van der Waals surface area contributed by atoms with Crippen LogP contribution >= 0.6 is 23.5 Å². The number of carbonyl (C=O) groups excluding carboxylic acids is 1. The Bertz CT molecular complexity index is 1360. The van der Waals surface area contributed by atoms with Crippen molar-refractivity contribution in [2.75, 3.05) is 11.1 Å². The second kappa shape index (κ2) is 7.37. The van der Waals surface area contributed by atoms with E-state index < -0.39 is 0 Å². The maximum absolute atomic E-state index is 12.4. The Kier molecular flexibility index (Phi) is 4.57. The highest BCUT2D eigenvalue weighted by atomic mass is 32.2. The van der Waals surface area contributed by atoms with E-state index in [1.807, 2.05) is 36.4 Å². The average molecular weight is 422 g/mol. The Morgan fingerprint density at radius 1 is 1.10 bits per heavy atom. The molecule has 5 aromatic rings. The second-order valence-electron chi connectivity index (χ2n) is 6.30. The molecule has 0 bridgehead atoms. The van der Waals surface area contributed by atoms with Crippen LogP contribution in [-0.4, -0.2) is 40.2 Å². The lowest BCUT2D eigenvalue weighted by molar-refractivity contribution is -0.113. The Balaban J connectivity index is 1.37. The number of aromatic nitrogens is 6. The molecule has 1 N–H and O–H groups in total. The van der Waals surface area contributed by atoms with Crippen LogP contribution < -0.4 is 5.32 Å². The van der Waals surface area contributed by atoms with Gasteiger partial charge in [-0.25, -0.2) is 4.98 Å². The highest BCUT2D eigenvalue weighted by Crippen LogP contribution is 2.27. The van der Waals surface area contributed by atoms with E-state index in [0.717, 1.165) is 45.9 Å². The van der Waals surface area contributed by atoms with Crippen molar-refractivity contribution in [2.45, 2.75) is 18.6 Å². The van der Waals surface area contributed by atoms with Crippen molar-refractivity contribution in [1.29, 1.82) is 0 Å². The molecule has 5 rings (SSSR count). The quantitative estimate of drug-likeness (QED) is 0.432. The molecular formula is C19H15N7OS2. The number of para-hydroxylation sites is 1. The first-order valence-corrected chi connectivity index (χ1v) is 10.7. The molecule has 0 aliphatic heterocycles. The summed E-state index contributed by atoms with van der Waals surface area (Å²) in [6.07, 6.45) is 0. The highest BCUT2D eigenvalue weighted by molar-refractivity contribution is 7.99. The van der Waals surface area contributed by atoms with E-state index in [1.165, 1.54) is 11.8 Å². The number of aryl methyl sites for hydroxylation is 1. The molecule has 0 saturated carbocycles. The summed E-state index contributed by atoms with van der Waals surface area (Å²) in [5.74, 6) is 0.0169. The molecule has 0 aliphatic carbocycles. The van der Waals surface area contributed by atoms with E-state index in [4.69, 9.17) is 0 Å². The van der Waals surface area contributed by atoms with Gasteiger partial charge in [-0.1, -0.05) is 36.0 Å². The molecule has 0 atom stereocenters. The van der Waals surface area contributed by atoms with Gasteiger partial charge in [0.25, 0.3) is 0 Å². The maximum atomic E-state index is 12.4. The molecule has 10 heteroatoms. The molecular weight excluding hydrogens is 406 g/mol. The third kappa shape index (κ3) is 3.19. The maximum Gasteiger partial charge on any atom is 0.234 e. The van der Waals surface area contributed by atoms with E-state index in [2.05, 4.69) is 46.8 Å². The largest absolute Gasteiger partial charge is 0.324 e. The minimum atomic E-state index is -0.157. The number of nitrogens with one attached hydrogen (secondary N) is 1. The number of carbonyl (C=O) groups is 1. The van der Waals surface area contributed by atoms with Crippen LogP contribution in [-0.2, 0) is 11.3 Å². The third-order valence-corrected chi connectivity index (χ3v) is 5.94. The Morgan fingerprint density at radius 2 is 2.00 bits per heavy atom. The first kappa shape index (κ1) is 18.0. The van der Waals surface area contributed by atoms with Gasteiger partial charge in [-0.2, -0.15) is 8.75 Å². The van der Waals surface area contributed by atoms with Gasteiger partial charge in [-0.05, 0) is 25.1 Å². The zero-order valence-electron chi connectivity index (χ0n) is 15.4. The number of nitrogens with zero attached hydrogens (tertiary/aromatic N) is 6. The van der Waals surface area contributed by atoms with E-state index in [9.17, 15) is 4.79 Å². The van der Waals surface area contributed by atoms with Crippen molar-refractivity contribution in [1.82, 2.24) is 28.5 Å². The molecule has 2 aromatic carbocycles. The second-order valence-corrected chi connectivity index (χ2v) is 7.77. The zero-order chi connectivity index (χ0) is 19.8. The molecule has 29 heavy (non-hydrogen) atoms. The van der Waals surface area contributed by atoms with Gasteiger partial charge in [-0.15, -0.1) is 10.2 Å². The first-order valence-electron chi connectivity index (χ1n) is 9.00. The number of hydrogen-bond acceptors (Lipinski definition) is 8. The van der Waals surface area contributed by atoms with Crippen molar-refractivity contribution >= 4 is 68.2 Å². The smallest absolute Gasteiger partial charge is 0.234 e. The normalized spacial score (nSPS) is 11.5. The number of hydrogen-bond donors (Lipinski definition) is 1. The third-order valence-electron chi connectivity index (χ3n) is 4.56. The number of benzene rings is 2. The van der Waals surface area contributed by atoms with Gasteiger partial charge in [0.2, 0.25) is 11.1 Å². The number of thioether (sulfide) groups is 1. The highest BCUT2D eigenvalue weighted by Gasteiger charge is 2.15. The minimum Gasteiger partial charge on any atom is -0.324 e. The summed E-state index contributed by atoms with van der Waals surface area (Å²) in [6.45, 7) is 2.85. The van der Waals surface area contributed by atoms with Gasteiger partial charge in [0.1, 0.15) is 16.6 Å². The van der Waals surface area contributed by atoms with E-state index >= 15 is 0 Å². The van der Waals surface area contributed by atoms with Crippen LogP contribution in [0.5, 0.6) is 0 Å². The molecule has 0 unspecified atom stereocenters. The van der Waals surface area contributed by atoms with Crippen molar-refractivity contribution in [3.05, 3.63) is 42.5 Å². The molecule has 0 radical (unpaired) electrons. The summed E-state index contributed by atoms with van der Waals surface area (Å²) in [4.78, 5) is 17.1. The summed E-state index contributed by atoms with van der Waals surface area (Å²) in [5, 5.41) is 13.0. The van der Waals surface area contributed by atoms with E-state index in [1.54, 1.807) is 0 Å². The fraction of sp³-hybridized carbons (Fsp3) is 0.158. The van der Waals surface area contributed by atoms with Crippen molar-refractivity contribution in [2.24, 2.45) is 0 Å². The van der Waals surface area contributed by atoms with Gasteiger partial charge in [0.15, 0.2) is 5.65 Å². The van der Waals surface area contributed by atoms with Crippen LogP contribution in [0, 0.1) is 0 Å². The van der Waals surface area contributed by atoms with Gasteiger partial charge in [0.05, 0.1) is 28.7 Å². The molecule has 3 heterocycles. The SMILES string of the molecule is CCn1c2ccccc2c2nnc(SCC(=O)Nc3cccc4nsnc34)nc21. The lowest BCUT2D eigenvalue weighted by atomic mass is 10.2. The molecule has 1 amide bonds. The predicted octanol–water partition coefficient (Wildman–Crippen LogP) is 3.73.